The molecule has 0 bridgehead atoms. The second-order valence-electron chi connectivity index (χ2n) is 10.2. The number of fused-ring (bicyclic) bond motifs is 1. The molecule has 2 N–H and O–H groups in total. The van der Waals surface area contributed by atoms with E-state index in [9.17, 15) is 14.4 Å². The molecular formula is C28H34N2O4S. The Morgan fingerprint density at radius 2 is 1.77 bits per heavy atom. The molecule has 1 aromatic carbocycles. The standard InChI is InChI=1S/C28H34N2O4S/c1-34-21-9-4-17(5-10-21)12-13-29-27(32)20-8-11-24-22(14-20)26(28(33)30-16-18-2-3-18)25(35-24)15-23(31)19-6-7-19/h4-5,9-10,18-20H,2-3,6-8,11-16H2,1H3,(H,29,32)(H,30,33). The Kier molecular flexibility index (Phi) is 7.23. The van der Waals surface area contributed by atoms with Crippen LogP contribution in [0.15, 0.2) is 24.3 Å². The number of ketones is 1. The van der Waals surface area contributed by atoms with Crippen LogP contribution in [0.5, 0.6) is 5.75 Å². The number of ether oxygens (including phenoxy) is 1. The molecule has 2 amide bonds. The summed E-state index contributed by atoms with van der Waals surface area (Å²) in [4.78, 5) is 40.9. The van der Waals surface area contributed by atoms with Crippen LogP contribution in [-0.4, -0.2) is 37.8 Å². The highest BCUT2D eigenvalue weighted by atomic mass is 32.1. The summed E-state index contributed by atoms with van der Waals surface area (Å²) in [6, 6.07) is 7.88. The smallest absolute Gasteiger partial charge is 0.252 e. The molecule has 0 radical (unpaired) electrons. The average Bonchev–Trinajstić information content (AvgIpc) is 3.79. The zero-order valence-corrected chi connectivity index (χ0v) is 21.2. The summed E-state index contributed by atoms with van der Waals surface area (Å²) in [6.45, 7) is 1.28. The Morgan fingerprint density at radius 1 is 1.00 bits per heavy atom. The van der Waals surface area contributed by atoms with E-state index in [0.717, 1.165) is 53.9 Å². The van der Waals surface area contributed by atoms with Gasteiger partial charge in [-0.1, -0.05) is 12.1 Å². The number of rotatable bonds is 11. The van der Waals surface area contributed by atoms with Gasteiger partial charge in [-0.25, -0.2) is 0 Å². The number of methoxy groups -OCH3 is 1. The van der Waals surface area contributed by atoms with Crippen LogP contribution in [0.3, 0.4) is 0 Å². The molecule has 1 unspecified atom stereocenters. The lowest BCUT2D eigenvalue weighted by Crippen LogP contribution is -2.35. The maximum absolute atomic E-state index is 13.2. The third-order valence-corrected chi connectivity index (χ3v) is 8.71. The van der Waals surface area contributed by atoms with Gasteiger partial charge in [0.05, 0.1) is 12.7 Å². The SMILES string of the molecule is COc1ccc(CCNC(=O)C2CCc3sc(CC(=O)C4CC4)c(C(=O)NCC4CC4)c3C2)cc1. The van der Waals surface area contributed by atoms with E-state index in [2.05, 4.69) is 10.6 Å². The first kappa shape index (κ1) is 24.0. The first-order valence-electron chi connectivity index (χ1n) is 12.9. The summed E-state index contributed by atoms with van der Waals surface area (Å²) in [5.41, 5.74) is 2.84. The van der Waals surface area contributed by atoms with Crippen molar-refractivity contribution < 1.29 is 19.1 Å². The van der Waals surface area contributed by atoms with Crippen molar-refractivity contribution in [2.45, 2.75) is 57.8 Å². The Hall–Kier alpha value is -2.67. The van der Waals surface area contributed by atoms with Crippen LogP contribution in [0, 0.1) is 17.8 Å². The summed E-state index contributed by atoms with van der Waals surface area (Å²) in [5.74, 6) is 1.70. The van der Waals surface area contributed by atoms with E-state index in [1.807, 2.05) is 24.3 Å². The lowest BCUT2D eigenvalue weighted by atomic mass is 9.85. The van der Waals surface area contributed by atoms with E-state index in [-0.39, 0.29) is 29.4 Å². The summed E-state index contributed by atoms with van der Waals surface area (Å²) in [6.07, 6.45) is 7.56. The number of nitrogens with one attached hydrogen (secondary N) is 2. The van der Waals surface area contributed by atoms with E-state index in [1.54, 1.807) is 18.4 Å². The predicted molar refractivity (Wildman–Crippen MR) is 136 cm³/mol. The Bertz CT molecular complexity index is 1100. The highest BCUT2D eigenvalue weighted by Crippen LogP contribution is 2.39. The van der Waals surface area contributed by atoms with Gasteiger partial charge in [0.15, 0.2) is 0 Å². The minimum Gasteiger partial charge on any atom is -0.497 e. The van der Waals surface area contributed by atoms with E-state index < -0.39 is 0 Å². The van der Waals surface area contributed by atoms with Crippen LogP contribution >= 0.6 is 11.3 Å². The van der Waals surface area contributed by atoms with Gasteiger partial charge in [0, 0.05) is 41.1 Å². The van der Waals surface area contributed by atoms with E-state index >= 15 is 0 Å². The van der Waals surface area contributed by atoms with Gasteiger partial charge in [-0.3, -0.25) is 14.4 Å². The molecule has 1 aromatic heterocycles. The molecule has 2 saturated carbocycles. The zero-order valence-electron chi connectivity index (χ0n) is 20.4. The quantitative estimate of drug-likeness (QED) is 0.497. The number of thiophene rings is 1. The summed E-state index contributed by atoms with van der Waals surface area (Å²) in [7, 11) is 1.65. The van der Waals surface area contributed by atoms with Gasteiger partial charge in [-0.15, -0.1) is 11.3 Å². The first-order valence-corrected chi connectivity index (χ1v) is 13.7. The van der Waals surface area contributed by atoms with Crippen LogP contribution in [0.2, 0.25) is 0 Å². The zero-order chi connectivity index (χ0) is 24.4. The average molecular weight is 495 g/mol. The number of carbonyl (C=O) groups is 3. The Labute approximate surface area is 210 Å². The molecule has 0 saturated heterocycles. The van der Waals surface area contributed by atoms with Gasteiger partial charge in [0.2, 0.25) is 5.91 Å². The predicted octanol–water partition coefficient (Wildman–Crippen LogP) is 3.88. The molecule has 35 heavy (non-hydrogen) atoms. The van der Waals surface area contributed by atoms with E-state index in [4.69, 9.17) is 4.74 Å². The largest absolute Gasteiger partial charge is 0.497 e. The number of hydrogen-bond acceptors (Lipinski definition) is 5. The second-order valence-corrected chi connectivity index (χ2v) is 11.4. The van der Waals surface area contributed by atoms with Crippen molar-refractivity contribution in [1.82, 2.24) is 10.6 Å². The van der Waals surface area contributed by atoms with Crippen LogP contribution < -0.4 is 15.4 Å². The third kappa shape index (κ3) is 5.95. The maximum Gasteiger partial charge on any atom is 0.252 e. The van der Waals surface area contributed by atoms with Crippen LogP contribution in [0.1, 0.15) is 63.3 Å². The third-order valence-electron chi connectivity index (χ3n) is 7.42. The molecule has 1 heterocycles. The van der Waals surface area contributed by atoms with Crippen LogP contribution in [0.4, 0.5) is 0 Å². The fourth-order valence-corrected chi connectivity index (χ4v) is 6.23. The fraction of sp³-hybridized carbons (Fsp3) is 0.536. The van der Waals surface area contributed by atoms with Gasteiger partial charge in [-0.2, -0.15) is 0 Å². The fourth-order valence-electron chi connectivity index (χ4n) is 4.87. The van der Waals surface area contributed by atoms with Crippen molar-refractivity contribution in [3.05, 3.63) is 50.7 Å². The molecule has 6 nitrogen and oxygen atoms in total. The summed E-state index contributed by atoms with van der Waals surface area (Å²) >= 11 is 1.62. The van der Waals surface area contributed by atoms with Crippen molar-refractivity contribution in [1.29, 1.82) is 0 Å². The van der Waals surface area contributed by atoms with Crippen molar-refractivity contribution >= 4 is 28.9 Å². The number of hydrogen-bond donors (Lipinski definition) is 2. The van der Waals surface area contributed by atoms with Crippen molar-refractivity contribution in [3.63, 3.8) is 0 Å². The number of carbonyl (C=O) groups excluding carboxylic acids is 3. The maximum atomic E-state index is 13.2. The molecule has 186 valence electrons. The van der Waals surface area contributed by atoms with Crippen molar-refractivity contribution in [2.75, 3.05) is 20.2 Å². The Morgan fingerprint density at radius 3 is 2.46 bits per heavy atom. The Balaban J connectivity index is 1.24. The molecule has 1 atom stereocenters. The molecular weight excluding hydrogens is 460 g/mol. The molecule has 3 aliphatic rings. The number of benzene rings is 1. The lowest BCUT2D eigenvalue weighted by Gasteiger charge is -2.22. The first-order chi connectivity index (χ1) is 17.0. The topological polar surface area (TPSA) is 84.5 Å². The molecule has 5 rings (SSSR count). The molecule has 0 spiro atoms. The van der Waals surface area contributed by atoms with Crippen molar-refractivity contribution in [2.24, 2.45) is 17.8 Å². The second kappa shape index (κ2) is 10.5. The van der Waals surface area contributed by atoms with Crippen LogP contribution in [-0.2, 0) is 35.3 Å². The van der Waals surface area contributed by atoms with Gasteiger partial charge >= 0.3 is 0 Å². The minimum absolute atomic E-state index is 0.0512. The normalized spacial score (nSPS) is 19.1. The van der Waals surface area contributed by atoms with Gasteiger partial charge < -0.3 is 15.4 Å². The molecule has 0 aliphatic heterocycles. The van der Waals surface area contributed by atoms with Crippen molar-refractivity contribution in [3.8, 4) is 5.75 Å². The van der Waals surface area contributed by atoms with Crippen LogP contribution in [0.25, 0.3) is 0 Å². The number of aryl methyl sites for hydroxylation is 1. The molecule has 2 aromatic rings. The summed E-state index contributed by atoms with van der Waals surface area (Å²) < 4.78 is 5.20. The summed E-state index contributed by atoms with van der Waals surface area (Å²) in [5, 5.41) is 6.21. The lowest BCUT2D eigenvalue weighted by molar-refractivity contribution is -0.125. The van der Waals surface area contributed by atoms with Gasteiger partial charge in [0.25, 0.3) is 5.91 Å². The monoisotopic (exact) mass is 494 g/mol. The number of Topliss-reactive ketones (excluding diaryl/α,β-unsaturated/α-hetero) is 1. The number of amides is 2. The molecule has 3 aliphatic carbocycles. The molecule has 7 heteroatoms. The highest BCUT2D eigenvalue weighted by Gasteiger charge is 2.35. The van der Waals surface area contributed by atoms with Gasteiger partial charge in [0.1, 0.15) is 11.5 Å². The minimum atomic E-state index is -0.144. The van der Waals surface area contributed by atoms with E-state index in [1.165, 1.54) is 17.7 Å². The van der Waals surface area contributed by atoms with E-state index in [0.29, 0.717) is 37.4 Å². The van der Waals surface area contributed by atoms with Gasteiger partial charge in [-0.05, 0) is 80.5 Å². The highest BCUT2D eigenvalue weighted by molar-refractivity contribution is 7.12. The molecule has 2 fully saturated rings.